The van der Waals surface area contributed by atoms with Crippen molar-refractivity contribution in [2.75, 3.05) is 11.9 Å². The van der Waals surface area contributed by atoms with E-state index in [9.17, 15) is 4.79 Å². The third kappa shape index (κ3) is 2.75. The van der Waals surface area contributed by atoms with Crippen molar-refractivity contribution in [3.05, 3.63) is 40.3 Å². The van der Waals surface area contributed by atoms with Gasteiger partial charge in [0, 0.05) is 5.38 Å². The second-order valence-corrected chi connectivity index (χ2v) is 5.62. The van der Waals surface area contributed by atoms with E-state index in [1.54, 1.807) is 11.3 Å². The number of hydrogen-bond donors (Lipinski definition) is 2. The molecule has 0 radical (unpaired) electrons. The Kier molecular flexibility index (Phi) is 3.56. The van der Waals surface area contributed by atoms with Crippen LogP contribution < -0.4 is 15.4 Å². The van der Waals surface area contributed by atoms with Crippen LogP contribution in [0.15, 0.2) is 29.6 Å². The lowest BCUT2D eigenvalue weighted by atomic mass is 10.2. The van der Waals surface area contributed by atoms with Crippen LogP contribution in [0.3, 0.4) is 0 Å². The second kappa shape index (κ2) is 5.50. The summed E-state index contributed by atoms with van der Waals surface area (Å²) in [4.78, 5) is 16.4. The van der Waals surface area contributed by atoms with E-state index in [1.165, 1.54) is 0 Å². The Labute approximate surface area is 121 Å². The van der Waals surface area contributed by atoms with Crippen LogP contribution >= 0.6 is 11.3 Å². The van der Waals surface area contributed by atoms with E-state index in [1.807, 2.05) is 36.6 Å². The fourth-order valence-electron chi connectivity index (χ4n) is 2.04. The Morgan fingerprint density at radius 3 is 3.20 bits per heavy atom. The molecule has 104 valence electrons. The van der Waals surface area contributed by atoms with Crippen LogP contribution in [0.4, 0.5) is 5.69 Å². The zero-order valence-corrected chi connectivity index (χ0v) is 11.9. The highest BCUT2D eigenvalue weighted by atomic mass is 32.1. The van der Waals surface area contributed by atoms with Crippen LogP contribution in [0.1, 0.15) is 10.7 Å². The molecule has 0 bridgehead atoms. The number of aryl methyl sites for hydroxylation is 1. The number of hydrogen-bond acceptors (Lipinski definition) is 5. The molecular weight excluding hydrogens is 274 g/mol. The number of carbonyl (C=O) groups excluding carboxylic acids is 1. The molecule has 0 spiro atoms. The molecule has 1 atom stereocenters. The lowest BCUT2D eigenvalue weighted by Crippen LogP contribution is -2.44. The Morgan fingerprint density at radius 2 is 2.40 bits per heavy atom. The number of benzene rings is 1. The summed E-state index contributed by atoms with van der Waals surface area (Å²) in [5.41, 5.74) is 1.80. The molecule has 5 nitrogen and oxygen atoms in total. The maximum absolute atomic E-state index is 12.1. The van der Waals surface area contributed by atoms with Gasteiger partial charge in [0.05, 0.1) is 29.5 Å². The van der Waals surface area contributed by atoms with Crippen molar-refractivity contribution in [3.63, 3.8) is 0 Å². The van der Waals surface area contributed by atoms with Crippen molar-refractivity contribution < 1.29 is 9.53 Å². The van der Waals surface area contributed by atoms with Crippen LogP contribution in [0.2, 0.25) is 0 Å². The van der Waals surface area contributed by atoms with E-state index < -0.39 is 6.10 Å². The number of aromatic nitrogens is 1. The van der Waals surface area contributed by atoms with Crippen LogP contribution in [0.5, 0.6) is 5.75 Å². The number of thiazole rings is 1. The molecule has 1 unspecified atom stereocenters. The monoisotopic (exact) mass is 289 g/mol. The molecular formula is C14H15N3O2S. The molecule has 1 aliphatic rings. The van der Waals surface area contributed by atoms with E-state index in [2.05, 4.69) is 15.6 Å². The lowest BCUT2D eigenvalue weighted by molar-refractivity contribution is -0.127. The third-order valence-electron chi connectivity index (χ3n) is 3.04. The van der Waals surface area contributed by atoms with Gasteiger partial charge in [-0.1, -0.05) is 12.1 Å². The minimum absolute atomic E-state index is 0.127. The van der Waals surface area contributed by atoms with E-state index in [-0.39, 0.29) is 5.91 Å². The minimum Gasteiger partial charge on any atom is -0.477 e. The van der Waals surface area contributed by atoms with E-state index in [4.69, 9.17) is 4.74 Å². The van der Waals surface area contributed by atoms with Crippen LogP contribution in [0.25, 0.3) is 0 Å². The molecule has 1 aliphatic heterocycles. The van der Waals surface area contributed by atoms with Crippen molar-refractivity contribution in [2.24, 2.45) is 0 Å². The highest BCUT2D eigenvalue weighted by molar-refractivity contribution is 7.09. The number of fused-ring (bicyclic) bond motifs is 1. The molecule has 0 saturated carbocycles. The zero-order chi connectivity index (χ0) is 13.9. The predicted octanol–water partition coefficient (Wildman–Crippen LogP) is 1.94. The molecule has 20 heavy (non-hydrogen) atoms. The number of ether oxygens (including phenoxy) is 1. The molecule has 1 aromatic heterocycles. The topological polar surface area (TPSA) is 63.2 Å². The van der Waals surface area contributed by atoms with Gasteiger partial charge in [0.15, 0.2) is 6.10 Å². The Morgan fingerprint density at radius 1 is 1.55 bits per heavy atom. The predicted molar refractivity (Wildman–Crippen MR) is 78.0 cm³/mol. The third-order valence-corrected chi connectivity index (χ3v) is 3.86. The van der Waals surface area contributed by atoms with E-state index >= 15 is 0 Å². The molecule has 1 aromatic carbocycles. The first-order valence-corrected chi connectivity index (χ1v) is 7.28. The molecule has 0 saturated heterocycles. The van der Waals surface area contributed by atoms with Crippen molar-refractivity contribution in [1.82, 2.24) is 10.3 Å². The van der Waals surface area contributed by atoms with Crippen LogP contribution in [-0.2, 0) is 11.3 Å². The fraction of sp³-hybridized carbons (Fsp3) is 0.286. The first-order valence-electron chi connectivity index (χ1n) is 6.40. The van der Waals surface area contributed by atoms with Gasteiger partial charge in [-0.2, -0.15) is 0 Å². The van der Waals surface area contributed by atoms with Gasteiger partial charge in [-0.15, -0.1) is 11.3 Å². The number of nitrogens with zero attached hydrogens (tertiary/aromatic N) is 1. The first-order chi connectivity index (χ1) is 9.72. The summed E-state index contributed by atoms with van der Waals surface area (Å²) in [5.74, 6) is 0.584. The Bertz CT molecular complexity index is 626. The summed E-state index contributed by atoms with van der Waals surface area (Å²) in [6.07, 6.45) is -0.510. The van der Waals surface area contributed by atoms with Gasteiger partial charge in [-0.05, 0) is 19.1 Å². The number of para-hydroxylation sites is 2. The number of anilines is 1. The van der Waals surface area contributed by atoms with E-state index in [0.29, 0.717) is 18.8 Å². The van der Waals surface area contributed by atoms with Gasteiger partial charge < -0.3 is 15.4 Å². The van der Waals surface area contributed by atoms with Gasteiger partial charge in [0.1, 0.15) is 5.75 Å². The molecule has 0 fully saturated rings. The highest BCUT2D eigenvalue weighted by Crippen LogP contribution is 2.28. The fourth-order valence-corrected chi connectivity index (χ4v) is 2.65. The van der Waals surface area contributed by atoms with Gasteiger partial charge >= 0.3 is 0 Å². The maximum atomic E-state index is 12.1. The van der Waals surface area contributed by atoms with Crippen LogP contribution in [-0.4, -0.2) is 23.5 Å². The average Bonchev–Trinajstić information content (AvgIpc) is 2.90. The van der Waals surface area contributed by atoms with Gasteiger partial charge in [-0.3, -0.25) is 4.79 Å². The van der Waals surface area contributed by atoms with Crippen molar-refractivity contribution in [1.29, 1.82) is 0 Å². The summed E-state index contributed by atoms with van der Waals surface area (Å²) >= 11 is 1.58. The van der Waals surface area contributed by atoms with Gasteiger partial charge in [-0.25, -0.2) is 4.98 Å². The van der Waals surface area contributed by atoms with Gasteiger partial charge in [0.2, 0.25) is 0 Å². The number of carbonyl (C=O) groups is 1. The molecule has 6 heteroatoms. The summed E-state index contributed by atoms with van der Waals surface area (Å²) in [6.45, 7) is 2.85. The first kappa shape index (κ1) is 12.9. The number of amides is 1. The highest BCUT2D eigenvalue weighted by Gasteiger charge is 2.25. The van der Waals surface area contributed by atoms with Crippen molar-refractivity contribution >= 4 is 22.9 Å². The molecule has 2 aromatic rings. The van der Waals surface area contributed by atoms with E-state index in [0.717, 1.165) is 16.4 Å². The average molecular weight is 289 g/mol. The largest absolute Gasteiger partial charge is 0.477 e. The smallest absolute Gasteiger partial charge is 0.263 e. The minimum atomic E-state index is -0.510. The normalized spacial score (nSPS) is 16.8. The molecule has 0 aliphatic carbocycles. The van der Waals surface area contributed by atoms with Gasteiger partial charge in [0.25, 0.3) is 5.91 Å². The lowest BCUT2D eigenvalue weighted by Gasteiger charge is -2.26. The quantitative estimate of drug-likeness (QED) is 0.906. The van der Waals surface area contributed by atoms with Crippen molar-refractivity contribution in [2.45, 2.75) is 19.6 Å². The zero-order valence-electron chi connectivity index (χ0n) is 11.1. The second-order valence-electron chi connectivity index (χ2n) is 4.56. The molecule has 3 rings (SSSR count). The molecule has 1 amide bonds. The Hall–Kier alpha value is -2.08. The summed E-state index contributed by atoms with van der Waals surface area (Å²) < 4.78 is 5.69. The number of nitrogens with one attached hydrogen (secondary N) is 2. The SMILES string of the molecule is Cc1nc(CNC(=O)C2CNc3ccccc3O2)cs1. The molecule has 2 N–H and O–H groups in total. The molecule has 2 heterocycles. The standard InChI is InChI=1S/C14H15N3O2S/c1-9-17-10(8-20-9)6-16-14(18)13-7-15-11-4-2-3-5-12(11)19-13/h2-5,8,13,15H,6-7H2,1H3,(H,16,18). The van der Waals surface area contributed by atoms with Crippen LogP contribution in [0, 0.1) is 6.92 Å². The Balaban J connectivity index is 1.59. The number of rotatable bonds is 3. The van der Waals surface area contributed by atoms with Crippen molar-refractivity contribution in [3.8, 4) is 5.75 Å². The maximum Gasteiger partial charge on any atom is 0.263 e. The summed E-state index contributed by atoms with van der Waals surface area (Å²) in [5, 5.41) is 9.00. The summed E-state index contributed by atoms with van der Waals surface area (Å²) in [6, 6.07) is 7.60. The summed E-state index contributed by atoms with van der Waals surface area (Å²) in [7, 11) is 0.